The first kappa shape index (κ1) is 18.1. The highest BCUT2D eigenvalue weighted by Gasteiger charge is 2.39. The Labute approximate surface area is 151 Å². The number of benzene rings is 1. The van der Waals surface area contributed by atoms with Crippen molar-refractivity contribution in [1.82, 2.24) is 5.32 Å². The molecule has 3 atom stereocenters. The van der Waals surface area contributed by atoms with E-state index < -0.39 is 0 Å². The monoisotopic (exact) mass is 345 g/mol. The second kappa shape index (κ2) is 8.59. The molecule has 2 aliphatic carbocycles. The third-order valence-electron chi connectivity index (χ3n) is 5.68. The van der Waals surface area contributed by atoms with E-state index in [9.17, 15) is 4.79 Å². The van der Waals surface area contributed by atoms with Crippen molar-refractivity contribution in [2.75, 3.05) is 19.8 Å². The minimum absolute atomic E-state index is 0.216. The van der Waals surface area contributed by atoms with Gasteiger partial charge in [-0.1, -0.05) is 12.5 Å². The lowest BCUT2D eigenvalue weighted by Crippen LogP contribution is -2.29. The first-order valence-electron chi connectivity index (χ1n) is 9.84. The van der Waals surface area contributed by atoms with E-state index in [2.05, 4.69) is 11.4 Å². The molecule has 1 amide bonds. The molecule has 138 valence electrons. The number of hydrogen-bond acceptors (Lipinski definition) is 3. The molecular weight excluding hydrogens is 314 g/mol. The normalized spacial score (nSPS) is 24.3. The van der Waals surface area contributed by atoms with Crippen LogP contribution < -0.4 is 14.8 Å². The van der Waals surface area contributed by atoms with Crippen molar-refractivity contribution in [1.29, 1.82) is 0 Å². The van der Waals surface area contributed by atoms with Gasteiger partial charge in [-0.3, -0.25) is 4.79 Å². The van der Waals surface area contributed by atoms with E-state index in [0.29, 0.717) is 32.1 Å². The van der Waals surface area contributed by atoms with Crippen molar-refractivity contribution in [3.8, 4) is 11.5 Å². The number of ether oxygens (including phenoxy) is 2. The van der Waals surface area contributed by atoms with Crippen LogP contribution in [0.5, 0.6) is 11.5 Å². The highest BCUT2D eigenvalue weighted by molar-refractivity contribution is 5.76. The number of rotatable bonds is 9. The van der Waals surface area contributed by atoms with Gasteiger partial charge in [-0.2, -0.15) is 0 Å². The Bertz CT molecular complexity index is 587. The predicted molar refractivity (Wildman–Crippen MR) is 99.0 cm³/mol. The van der Waals surface area contributed by atoms with Gasteiger partial charge in [0, 0.05) is 13.0 Å². The molecule has 4 nitrogen and oxygen atoms in total. The number of nitrogens with one attached hydrogen (secondary N) is 1. The molecule has 4 heteroatoms. The van der Waals surface area contributed by atoms with Crippen LogP contribution in [-0.4, -0.2) is 25.7 Å². The standard InChI is InChI=1S/C21H31NO3/c1-3-24-19-8-6-15(13-20(19)25-4-2)9-10-22-21(23)14-18-12-16-5-7-17(18)11-16/h6,8,13,16-18H,3-5,7,9-12,14H2,1-2H3,(H,22,23)/t16-,17-,18-/m0/s1. The highest BCUT2D eigenvalue weighted by atomic mass is 16.5. The quantitative estimate of drug-likeness (QED) is 0.737. The molecule has 0 saturated heterocycles. The lowest BCUT2D eigenvalue weighted by molar-refractivity contribution is -0.122. The van der Waals surface area contributed by atoms with E-state index in [4.69, 9.17) is 9.47 Å². The molecule has 3 rings (SSSR count). The van der Waals surface area contributed by atoms with Crippen LogP contribution in [0.25, 0.3) is 0 Å². The Hall–Kier alpha value is -1.71. The van der Waals surface area contributed by atoms with Gasteiger partial charge in [0.1, 0.15) is 0 Å². The van der Waals surface area contributed by atoms with Gasteiger partial charge in [0.15, 0.2) is 11.5 Å². The molecule has 2 bridgehead atoms. The van der Waals surface area contributed by atoms with Crippen LogP contribution in [0.4, 0.5) is 0 Å². The summed E-state index contributed by atoms with van der Waals surface area (Å²) in [5.41, 5.74) is 1.16. The Balaban J connectivity index is 1.44. The maximum atomic E-state index is 12.2. The van der Waals surface area contributed by atoms with Gasteiger partial charge in [0.2, 0.25) is 5.91 Å². The molecule has 0 spiro atoms. The van der Waals surface area contributed by atoms with E-state index in [1.54, 1.807) is 0 Å². The molecule has 2 aliphatic rings. The lowest BCUT2D eigenvalue weighted by atomic mass is 9.86. The van der Waals surface area contributed by atoms with Crippen molar-refractivity contribution >= 4 is 5.91 Å². The molecule has 2 saturated carbocycles. The topological polar surface area (TPSA) is 47.6 Å². The molecule has 25 heavy (non-hydrogen) atoms. The third-order valence-corrected chi connectivity index (χ3v) is 5.68. The first-order valence-corrected chi connectivity index (χ1v) is 9.84. The zero-order valence-corrected chi connectivity index (χ0v) is 15.6. The summed E-state index contributed by atoms with van der Waals surface area (Å²) in [5, 5.41) is 3.10. The summed E-state index contributed by atoms with van der Waals surface area (Å²) in [6.45, 7) is 5.86. The van der Waals surface area contributed by atoms with E-state index in [-0.39, 0.29) is 5.91 Å². The predicted octanol–water partition coefficient (Wildman–Crippen LogP) is 3.97. The fraction of sp³-hybridized carbons (Fsp3) is 0.667. The number of amides is 1. The molecule has 0 aliphatic heterocycles. The second-order valence-corrected chi connectivity index (χ2v) is 7.39. The van der Waals surface area contributed by atoms with Crippen LogP contribution in [0.15, 0.2) is 18.2 Å². The van der Waals surface area contributed by atoms with E-state index in [1.165, 1.54) is 25.7 Å². The number of hydrogen-bond donors (Lipinski definition) is 1. The molecule has 2 fully saturated rings. The Morgan fingerprint density at radius 2 is 1.92 bits per heavy atom. The van der Waals surface area contributed by atoms with Gasteiger partial charge in [-0.15, -0.1) is 0 Å². The van der Waals surface area contributed by atoms with Gasteiger partial charge in [-0.05, 0) is 75.0 Å². The van der Waals surface area contributed by atoms with Gasteiger partial charge in [0.05, 0.1) is 13.2 Å². The van der Waals surface area contributed by atoms with Crippen LogP contribution in [0, 0.1) is 17.8 Å². The molecule has 0 unspecified atom stereocenters. The fourth-order valence-electron chi connectivity index (χ4n) is 4.53. The molecular formula is C21H31NO3. The number of carbonyl (C=O) groups excluding carboxylic acids is 1. The number of carbonyl (C=O) groups is 1. The maximum absolute atomic E-state index is 12.2. The summed E-state index contributed by atoms with van der Waals surface area (Å²) in [5.74, 6) is 4.14. The SMILES string of the molecule is CCOc1ccc(CCNC(=O)C[C@@H]2C[C@H]3CC[C@H]2C3)cc1OCC. The highest BCUT2D eigenvalue weighted by Crippen LogP contribution is 2.49. The van der Waals surface area contributed by atoms with Crippen LogP contribution in [0.2, 0.25) is 0 Å². The van der Waals surface area contributed by atoms with Crippen molar-refractivity contribution in [3.05, 3.63) is 23.8 Å². The molecule has 1 aromatic rings. The largest absolute Gasteiger partial charge is 0.490 e. The van der Waals surface area contributed by atoms with Gasteiger partial charge in [0.25, 0.3) is 0 Å². The number of fused-ring (bicyclic) bond motifs is 2. The van der Waals surface area contributed by atoms with Crippen LogP contribution in [0.3, 0.4) is 0 Å². The van der Waals surface area contributed by atoms with Crippen LogP contribution in [0.1, 0.15) is 51.5 Å². The molecule has 1 aromatic carbocycles. The Kier molecular flexibility index (Phi) is 6.22. The van der Waals surface area contributed by atoms with Gasteiger partial charge >= 0.3 is 0 Å². The van der Waals surface area contributed by atoms with Crippen LogP contribution in [-0.2, 0) is 11.2 Å². The summed E-state index contributed by atoms with van der Waals surface area (Å²) in [6.07, 6.45) is 6.90. The molecule has 0 aromatic heterocycles. The average molecular weight is 345 g/mol. The average Bonchev–Trinajstić information content (AvgIpc) is 3.20. The van der Waals surface area contributed by atoms with Crippen molar-refractivity contribution < 1.29 is 14.3 Å². The second-order valence-electron chi connectivity index (χ2n) is 7.39. The van der Waals surface area contributed by atoms with E-state index in [1.807, 2.05) is 26.0 Å². The van der Waals surface area contributed by atoms with E-state index in [0.717, 1.165) is 35.3 Å². The first-order chi connectivity index (χ1) is 12.2. The minimum atomic E-state index is 0.216. The van der Waals surface area contributed by atoms with E-state index >= 15 is 0 Å². The zero-order valence-electron chi connectivity index (χ0n) is 15.6. The van der Waals surface area contributed by atoms with Gasteiger partial charge < -0.3 is 14.8 Å². The zero-order chi connectivity index (χ0) is 17.6. The summed E-state index contributed by atoms with van der Waals surface area (Å²) >= 11 is 0. The molecule has 1 N–H and O–H groups in total. The van der Waals surface area contributed by atoms with Crippen molar-refractivity contribution in [2.24, 2.45) is 17.8 Å². The summed E-state index contributed by atoms with van der Waals surface area (Å²) in [7, 11) is 0. The van der Waals surface area contributed by atoms with Gasteiger partial charge in [-0.25, -0.2) is 0 Å². The Morgan fingerprint density at radius 3 is 2.60 bits per heavy atom. The maximum Gasteiger partial charge on any atom is 0.220 e. The smallest absolute Gasteiger partial charge is 0.220 e. The minimum Gasteiger partial charge on any atom is -0.490 e. The lowest BCUT2D eigenvalue weighted by Gasteiger charge is -2.20. The summed E-state index contributed by atoms with van der Waals surface area (Å²) in [6, 6.07) is 6.03. The Morgan fingerprint density at radius 1 is 1.12 bits per heavy atom. The van der Waals surface area contributed by atoms with Crippen molar-refractivity contribution in [2.45, 2.75) is 52.4 Å². The molecule has 0 heterocycles. The summed E-state index contributed by atoms with van der Waals surface area (Å²) < 4.78 is 11.3. The molecule has 0 radical (unpaired) electrons. The fourth-order valence-corrected chi connectivity index (χ4v) is 4.53. The van der Waals surface area contributed by atoms with Crippen LogP contribution >= 0.6 is 0 Å². The third kappa shape index (κ3) is 4.68. The van der Waals surface area contributed by atoms with Crippen molar-refractivity contribution in [3.63, 3.8) is 0 Å². The summed E-state index contributed by atoms with van der Waals surface area (Å²) in [4.78, 5) is 12.2.